The lowest BCUT2D eigenvalue weighted by Gasteiger charge is -2.03. The molecule has 1 unspecified atom stereocenters. The Morgan fingerprint density at radius 3 is 2.14 bits per heavy atom. The molecule has 0 aromatic carbocycles. The molecule has 0 aliphatic rings. The number of alkyl halides is 5. The molecule has 1 atom stereocenters. The van der Waals surface area contributed by atoms with E-state index in [0.717, 1.165) is 4.57 Å². The molecule has 0 spiro atoms. The van der Waals surface area contributed by atoms with Crippen LogP contribution in [0.15, 0.2) is 15.9 Å². The van der Waals surface area contributed by atoms with Crippen LogP contribution in [0.3, 0.4) is 0 Å². The summed E-state index contributed by atoms with van der Waals surface area (Å²) in [6, 6.07) is 0. The Kier molecular flexibility index (Phi) is 5.26. The zero-order chi connectivity index (χ0) is 16.5. The first-order chi connectivity index (χ1) is 9.48. The van der Waals surface area contributed by atoms with Crippen molar-refractivity contribution in [3.05, 3.63) is 27.2 Å². The molecule has 0 N–H and O–H groups in total. The summed E-state index contributed by atoms with van der Waals surface area (Å²) < 4.78 is 35.1. The van der Waals surface area contributed by atoms with E-state index in [-0.39, 0.29) is 11.2 Å². The van der Waals surface area contributed by atoms with Crippen molar-refractivity contribution in [1.29, 1.82) is 0 Å². The molecular formula is C10H11BrClF3N4O2. The Balaban J connectivity index is 0.000000270. The lowest BCUT2D eigenvalue weighted by Crippen LogP contribution is -2.37. The molecular weight excluding hydrogens is 380 g/mol. The van der Waals surface area contributed by atoms with Crippen LogP contribution in [0.4, 0.5) is 13.2 Å². The van der Waals surface area contributed by atoms with E-state index in [1.165, 1.54) is 17.9 Å². The third-order valence-electron chi connectivity index (χ3n) is 2.56. The van der Waals surface area contributed by atoms with Gasteiger partial charge in [0, 0.05) is 21.1 Å². The van der Waals surface area contributed by atoms with Gasteiger partial charge in [0.2, 0.25) is 0 Å². The fourth-order valence-electron chi connectivity index (χ4n) is 1.47. The van der Waals surface area contributed by atoms with E-state index < -0.39 is 10.5 Å². The molecule has 0 amide bonds. The van der Waals surface area contributed by atoms with Crippen LogP contribution in [-0.2, 0) is 21.1 Å². The average Bonchev–Trinajstić information content (AvgIpc) is 2.75. The maximum absolute atomic E-state index is 11.7. The third kappa shape index (κ3) is 3.67. The smallest absolute Gasteiger partial charge is 0.328 e. The maximum atomic E-state index is 11.7. The summed E-state index contributed by atoms with van der Waals surface area (Å²) in [6.07, 6.45) is -2.80. The van der Waals surface area contributed by atoms with Gasteiger partial charge in [-0.3, -0.25) is 13.9 Å². The van der Waals surface area contributed by atoms with E-state index in [1.54, 1.807) is 18.7 Å². The average molecular weight is 392 g/mol. The summed E-state index contributed by atoms with van der Waals surface area (Å²) in [4.78, 5) is 27.2. The monoisotopic (exact) mass is 390 g/mol. The van der Waals surface area contributed by atoms with Crippen LogP contribution in [-0.4, -0.2) is 29.1 Å². The quantitative estimate of drug-likeness (QED) is 0.639. The predicted molar refractivity (Wildman–Crippen MR) is 75.8 cm³/mol. The lowest BCUT2D eigenvalue weighted by molar-refractivity contribution is -0.112. The molecule has 0 fully saturated rings. The first kappa shape index (κ1) is 17.8. The summed E-state index contributed by atoms with van der Waals surface area (Å²) in [7, 11) is 4.77. The molecule has 0 saturated heterocycles. The molecule has 118 valence electrons. The zero-order valence-electron chi connectivity index (χ0n) is 11.1. The third-order valence-corrected chi connectivity index (χ3v) is 3.33. The second kappa shape index (κ2) is 6.22. The van der Waals surface area contributed by atoms with Crippen molar-refractivity contribution in [2.75, 3.05) is 0 Å². The Morgan fingerprint density at radius 2 is 1.71 bits per heavy atom. The number of halogens is 5. The summed E-state index contributed by atoms with van der Waals surface area (Å²) >= 11 is 6.68. The largest absolute Gasteiger partial charge is 0.414 e. The van der Waals surface area contributed by atoms with Crippen molar-refractivity contribution in [2.24, 2.45) is 21.1 Å². The molecule has 0 radical (unpaired) electrons. The number of fused-ring (bicyclic) bond motifs is 1. The van der Waals surface area contributed by atoms with Crippen molar-refractivity contribution in [2.45, 2.75) is 10.5 Å². The number of aryl methyl sites for hydroxylation is 2. The van der Waals surface area contributed by atoms with Crippen molar-refractivity contribution in [3.63, 3.8) is 0 Å². The van der Waals surface area contributed by atoms with Crippen LogP contribution in [0.1, 0.15) is 0 Å². The van der Waals surface area contributed by atoms with Gasteiger partial charge >= 0.3 is 11.9 Å². The van der Waals surface area contributed by atoms with Crippen LogP contribution in [0, 0.1) is 0 Å². The minimum absolute atomic E-state index is 0.317. The van der Waals surface area contributed by atoms with Gasteiger partial charge in [-0.1, -0.05) is 15.9 Å². The van der Waals surface area contributed by atoms with Crippen molar-refractivity contribution in [3.8, 4) is 0 Å². The standard InChI is InChI=1S/C8H10N4O2.C2HBrClF3/c1-10-4-9-6-5(10)7(13)12(3)8(14)11(6)2;3-1(4)2(5,6)7/h4H,1-3H3;1H. The number of aromatic nitrogens is 4. The fourth-order valence-corrected chi connectivity index (χ4v) is 1.47. The van der Waals surface area contributed by atoms with Crippen LogP contribution in [0.5, 0.6) is 0 Å². The summed E-state index contributed by atoms with van der Waals surface area (Å²) in [6.45, 7) is 0. The molecule has 21 heavy (non-hydrogen) atoms. The van der Waals surface area contributed by atoms with Gasteiger partial charge in [-0.15, -0.1) is 11.6 Å². The molecule has 0 saturated carbocycles. The lowest BCUT2D eigenvalue weighted by atomic mass is 10.5. The van der Waals surface area contributed by atoms with Gasteiger partial charge in [0.25, 0.3) is 5.56 Å². The number of hydrogen-bond donors (Lipinski definition) is 0. The van der Waals surface area contributed by atoms with Gasteiger partial charge < -0.3 is 4.57 Å². The zero-order valence-corrected chi connectivity index (χ0v) is 13.5. The number of hydrogen-bond acceptors (Lipinski definition) is 3. The molecule has 0 aliphatic heterocycles. The van der Waals surface area contributed by atoms with E-state index in [9.17, 15) is 22.8 Å². The molecule has 2 rings (SSSR count). The minimum Gasteiger partial charge on any atom is -0.328 e. The highest BCUT2D eigenvalue weighted by molar-refractivity contribution is 9.10. The highest BCUT2D eigenvalue weighted by atomic mass is 79.9. The number of imidazole rings is 1. The maximum Gasteiger partial charge on any atom is 0.414 e. The second-order valence-electron chi connectivity index (χ2n) is 4.08. The molecule has 11 heteroatoms. The molecule has 2 aromatic rings. The van der Waals surface area contributed by atoms with E-state index in [4.69, 9.17) is 0 Å². The van der Waals surface area contributed by atoms with Gasteiger partial charge in [0.05, 0.1) is 6.33 Å². The van der Waals surface area contributed by atoms with Gasteiger partial charge in [-0.05, 0) is 0 Å². The highest BCUT2D eigenvalue weighted by Gasteiger charge is 2.35. The normalized spacial score (nSPS) is 13.0. The van der Waals surface area contributed by atoms with Gasteiger partial charge in [-0.25, -0.2) is 9.78 Å². The molecule has 2 heterocycles. The number of nitrogens with zero attached hydrogens (tertiary/aromatic N) is 4. The fraction of sp³-hybridized carbons (Fsp3) is 0.500. The van der Waals surface area contributed by atoms with Crippen LogP contribution < -0.4 is 11.2 Å². The van der Waals surface area contributed by atoms with E-state index in [2.05, 4.69) is 32.5 Å². The summed E-state index contributed by atoms with van der Waals surface area (Å²) in [5, 5.41) is 0. The van der Waals surface area contributed by atoms with E-state index in [0.29, 0.717) is 11.2 Å². The van der Waals surface area contributed by atoms with Crippen LogP contribution >= 0.6 is 27.5 Å². The Labute approximate surface area is 129 Å². The molecule has 0 bridgehead atoms. The SMILES string of the molecule is Cn1c(=O)c2c(ncn2C)n(C)c1=O.FC(F)(F)C(Cl)Br. The minimum atomic E-state index is -4.32. The van der Waals surface area contributed by atoms with Crippen LogP contribution in [0.25, 0.3) is 11.2 Å². The molecule has 2 aromatic heterocycles. The van der Waals surface area contributed by atoms with Crippen LogP contribution in [0.2, 0.25) is 0 Å². The van der Waals surface area contributed by atoms with Crippen molar-refractivity contribution in [1.82, 2.24) is 18.7 Å². The molecule has 0 aliphatic carbocycles. The Morgan fingerprint density at radius 1 is 1.24 bits per heavy atom. The number of rotatable bonds is 0. The summed E-state index contributed by atoms with van der Waals surface area (Å²) in [5.74, 6) is 0. The van der Waals surface area contributed by atoms with E-state index in [1.807, 2.05) is 0 Å². The Bertz CT molecular complexity index is 762. The summed E-state index contributed by atoms with van der Waals surface area (Å²) in [5.41, 5.74) is 0.180. The van der Waals surface area contributed by atoms with Crippen molar-refractivity contribution < 1.29 is 13.2 Å². The predicted octanol–water partition coefficient (Wildman–Crippen LogP) is 1.48. The van der Waals surface area contributed by atoms with Gasteiger partial charge in [-0.2, -0.15) is 13.2 Å². The second-order valence-corrected chi connectivity index (χ2v) is 5.96. The molecule has 6 nitrogen and oxygen atoms in total. The first-order valence-electron chi connectivity index (χ1n) is 5.40. The van der Waals surface area contributed by atoms with Crippen molar-refractivity contribution >= 4 is 38.7 Å². The van der Waals surface area contributed by atoms with Gasteiger partial charge in [0.15, 0.2) is 15.5 Å². The topological polar surface area (TPSA) is 61.8 Å². The Hall–Kier alpha value is -1.29. The van der Waals surface area contributed by atoms with Gasteiger partial charge in [0.1, 0.15) is 0 Å². The first-order valence-corrected chi connectivity index (χ1v) is 6.75. The highest BCUT2D eigenvalue weighted by Crippen LogP contribution is 2.28. The van der Waals surface area contributed by atoms with E-state index >= 15 is 0 Å².